The van der Waals surface area contributed by atoms with Crippen LogP contribution >= 0.6 is 0 Å². The van der Waals surface area contributed by atoms with E-state index < -0.39 is 22.0 Å². The molecule has 3 rings (SSSR count). The highest BCUT2D eigenvalue weighted by Gasteiger charge is 2.66. The second kappa shape index (κ2) is 13.8. The van der Waals surface area contributed by atoms with Crippen molar-refractivity contribution in [3.8, 4) is 0 Å². The predicted octanol–water partition coefficient (Wildman–Crippen LogP) is 6.44. The summed E-state index contributed by atoms with van der Waals surface area (Å²) < 4.78 is 20.8. The Balaban J connectivity index is 0.000000706. The lowest BCUT2D eigenvalue weighted by atomic mass is 9.97. The zero-order valence-electron chi connectivity index (χ0n) is 23.9. The number of allylic oxidation sites excluding steroid dienone is 1. The summed E-state index contributed by atoms with van der Waals surface area (Å²) in [6.07, 6.45) is 5.72. The lowest BCUT2D eigenvalue weighted by Crippen LogP contribution is -2.30. The molecule has 226 valence electrons. The summed E-state index contributed by atoms with van der Waals surface area (Å²) in [7, 11) is 0. The Kier molecular flexibility index (Phi) is 13.0. The lowest BCUT2D eigenvalue weighted by molar-refractivity contribution is -0.163. The van der Waals surface area contributed by atoms with Crippen molar-refractivity contribution in [2.45, 2.75) is 120 Å². The Labute approximate surface area is 236 Å². The van der Waals surface area contributed by atoms with E-state index >= 15 is 0 Å². The van der Waals surface area contributed by atoms with E-state index in [0.29, 0.717) is 31.5 Å². The molecule has 3 aliphatic rings. The topological polar surface area (TPSA) is 105 Å². The number of esters is 4. The molecule has 0 amide bonds. The molecule has 0 bridgehead atoms. The number of hydrogen-bond acceptors (Lipinski definition) is 8. The molecule has 39 heavy (non-hydrogen) atoms. The van der Waals surface area contributed by atoms with Gasteiger partial charge in [0.05, 0.1) is 36.9 Å². The van der Waals surface area contributed by atoms with Crippen molar-refractivity contribution in [2.24, 2.45) is 28.6 Å². The van der Waals surface area contributed by atoms with E-state index in [0.717, 1.165) is 6.42 Å². The summed E-state index contributed by atoms with van der Waals surface area (Å²) in [5, 5.41) is 0. The minimum absolute atomic E-state index is 0. The van der Waals surface area contributed by atoms with Crippen LogP contribution < -0.4 is 0 Å². The van der Waals surface area contributed by atoms with Crippen LogP contribution in [-0.2, 0) is 38.1 Å². The van der Waals surface area contributed by atoms with Gasteiger partial charge in [-0.25, -0.2) is 0 Å². The molecule has 0 saturated heterocycles. The van der Waals surface area contributed by atoms with Crippen LogP contribution in [0.2, 0.25) is 0 Å². The predicted molar refractivity (Wildman–Crippen MR) is 152 cm³/mol. The van der Waals surface area contributed by atoms with Crippen LogP contribution in [0.4, 0.5) is 0 Å². The van der Waals surface area contributed by atoms with Crippen molar-refractivity contribution < 1.29 is 38.1 Å². The van der Waals surface area contributed by atoms with E-state index in [1.165, 1.54) is 12.8 Å². The molecule has 8 heteroatoms. The van der Waals surface area contributed by atoms with E-state index in [1.54, 1.807) is 40.7 Å². The van der Waals surface area contributed by atoms with Gasteiger partial charge >= 0.3 is 23.9 Å². The van der Waals surface area contributed by atoms with Crippen LogP contribution in [0.1, 0.15) is 109 Å². The zero-order chi connectivity index (χ0) is 28.2. The van der Waals surface area contributed by atoms with Crippen LogP contribution in [0.25, 0.3) is 0 Å². The van der Waals surface area contributed by atoms with E-state index in [1.807, 2.05) is 20.8 Å². The molecular formula is C31H54O8. The first-order valence-electron chi connectivity index (χ1n) is 13.4. The van der Waals surface area contributed by atoms with Gasteiger partial charge in [0, 0.05) is 0 Å². The summed E-state index contributed by atoms with van der Waals surface area (Å²) in [4.78, 5) is 47.9. The minimum atomic E-state index is -0.736. The van der Waals surface area contributed by atoms with Crippen molar-refractivity contribution in [1.82, 2.24) is 0 Å². The molecule has 0 aromatic rings. The third-order valence-corrected chi connectivity index (χ3v) is 6.87. The molecule has 3 aliphatic carbocycles. The normalized spacial score (nSPS) is 26.7. The molecule has 0 N–H and O–H groups in total. The van der Waals surface area contributed by atoms with Gasteiger partial charge in [-0.2, -0.15) is 0 Å². The van der Waals surface area contributed by atoms with Gasteiger partial charge in [-0.15, -0.1) is 6.58 Å². The van der Waals surface area contributed by atoms with Crippen molar-refractivity contribution in [1.29, 1.82) is 0 Å². The third-order valence-electron chi connectivity index (χ3n) is 6.87. The molecule has 0 aliphatic heterocycles. The van der Waals surface area contributed by atoms with Crippen molar-refractivity contribution >= 4 is 23.9 Å². The molecule has 3 saturated carbocycles. The van der Waals surface area contributed by atoms with Crippen LogP contribution in [0, 0.1) is 28.6 Å². The quantitative estimate of drug-likeness (QED) is 0.172. The van der Waals surface area contributed by atoms with E-state index in [2.05, 4.69) is 6.58 Å². The fraction of sp³-hybridized carbons (Fsp3) is 0.806. The first-order valence-corrected chi connectivity index (χ1v) is 13.4. The highest BCUT2D eigenvalue weighted by Crippen LogP contribution is 2.65. The SMILES string of the molecule is C.C.C=C[C@@H]1C[C@]1(CC(=O)OC(C)(C)C)C(=O)OCC.CCOC(=O)[C@@]1(CC(=O)OC(C)(C)C)C[C@H]1C1CC1. The van der Waals surface area contributed by atoms with Gasteiger partial charge in [-0.3, -0.25) is 19.2 Å². The lowest BCUT2D eigenvalue weighted by Gasteiger charge is -2.22. The fourth-order valence-corrected chi connectivity index (χ4v) is 4.93. The van der Waals surface area contributed by atoms with E-state index in [9.17, 15) is 19.2 Å². The second-order valence-electron chi connectivity index (χ2n) is 12.5. The average molecular weight is 555 g/mol. The highest BCUT2D eigenvalue weighted by molar-refractivity contribution is 5.87. The van der Waals surface area contributed by atoms with E-state index in [-0.39, 0.29) is 57.5 Å². The standard InChI is InChI=1S/C15H24O4.C14H22O4.2CH4/c1-5-18-13(17)15(8-11(15)10-6-7-10)9-12(16)19-14(2,3)4;1-6-10-8-14(10,12(16)17-7-2)9-11(15)18-13(3,4)5;;/h10-11H,5-9H2,1-4H3;6,10H,1,7-9H2,2-5H3;2*1H4/t11-,15+;10-,14-;;/m01../s1. The molecule has 4 atom stereocenters. The summed E-state index contributed by atoms with van der Waals surface area (Å²) in [6, 6.07) is 0. The van der Waals surface area contributed by atoms with Crippen LogP contribution in [0.15, 0.2) is 12.7 Å². The second-order valence-corrected chi connectivity index (χ2v) is 12.5. The maximum atomic E-state index is 12.1. The molecule has 0 aromatic carbocycles. The monoisotopic (exact) mass is 554 g/mol. The van der Waals surface area contributed by atoms with Crippen molar-refractivity contribution in [3.05, 3.63) is 12.7 Å². The maximum Gasteiger partial charge on any atom is 0.313 e. The van der Waals surface area contributed by atoms with Gasteiger partial charge in [-0.1, -0.05) is 20.9 Å². The number of ether oxygens (including phenoxy) is 4. The Morgan fingerprint density at radius 3 is 1.51 bits per heavy atom. The number of carbonyl (C=O) groups is 4. The largest absolute Gasteiger partial charge is 0.466 e. The number of hydrogen-bond donors (Lipinski definition) is 0. The molecule has 3 fully saturated rings. The summed E-state index contributed by atoms with van der Waals surface area (Å²) in [6.45, 7) is 18.9. The van der Waals surface area contributed by atoms with Gasteiger partial charge < -0.3 is 18.9 Å². The molecule has 0 aromatic heterocycles. The van der Waals surface area contributed by atoms with Crippen LogP contribution in [0.3, 0.4) is 0 Å². The molecular weight excluding hydrogens is 500 g/mol. The molecule has 0 heterocycles. The first-order chi connectivity index (χ1) is 17.0. The fourth-order valence-electron chi connectivity index (χ4n) is 4.93. The Morgan fingerprint density at radius 1 is 0.769 bits per heavy atom. The first kappa shape index (κ1) is 36.6. The van der Waals surface area contributed by atoms with Crippen LogP contribution in [-0.4, -0.2) is 48.3 Å². The average Bonchev–Trinajstić information content (AvgIpc) is 3.60. The Bertz CT molecular complexity index is 876. The van der Waals surface area contributed by atoms with Crippen molar-refractivity contribution in [3.63, 3.8) is 0 Å². The zero-order valence-corrected chi connectivity index (χ0v) is 23.9. The van der Waals surface area contributed by atoms with Gasteiger partial charge in [0.2, 0.25) is 0 Å². The van der Waals surface area contributed by atoms with Gasteiger partial charge in [0.25, 0.3) is 0 Å². The molecule has 0 unspecified atom stereocenters. The molecule has 0 radical (unpaired) electrons. The summed E-state index contributed by atoms with van der Waals surface area (Å²) >= 11 is 0. The van der Waals surface area contributed by atoms with Gasteiger partial charge in [-0.05, 0) is 98.8 Å². The maximum absolute atomic E-state index is 12.1. The smallest absolute Gasteiger partial charge is 0.313 e. The van der Waals surface area contributed by atoms with Crippen LogP contribution in [0.5, 0.6) is 0 Å². The minimum Gasteiger partial charge on any atom is -0.466 e. The summed E-state index contributed by atoms with van der Waals surface area (Å²) in [5.74, 6) is -0.211. The Morgan fingerprint density at radius 2 is 1.18 bits per heavy atom. The third kappa shape index (κ3) is 10.3. The summed E-state index contributed by atoms with van der Waals surface area (Å²) in [5.41, 5.74) is -2.36. The number of carbonyl (C=O) groups excluding carboxylic acids is 4. The number of rotatable bonds is 10. The van der Waals surface area contributed by atoms with E-state index in [4.69, 9.17) is 18.9 Å². The van der Waals surface area contributed by atoms with Crippen molar-refractivity contribution in [2.75, 3.05) is 13.2 Å². The Hall–Kier alpha value is -2.38. The van der Waals surface area contributed by atoms with Gasteiger partial charge in [0.1, 0.15) is 11.2 Å². The van der Waals surface area contributed by atoms with Gasteiger partial charge in [0.15, 0.2) is 0 Å². The highest BCUT2D eigenvalue weighted by atomic mass is 16.6. The molecule has 8 nitrogen and oxygen atoms in total. The molecule has 0 spiro atoms.